The molecule has 122 valence electrons. The third-order valence-corrected chi connectivity index (χ3v) is 3.61. The van der Waals surface area contributed by atoms with Gasteiger partial charge in [-0.2, -0.15) is 13.2 Å². The summed E-state index contributed by atoms with van der Waals surface area (Å²) in [5, 5.41) is 2.32. The van der Waals surface area contributed by atoms with Gasteiger partial charge >= 0.3 is 6.18 Å². The molecule has 0 aliphatic carbocycles. The second-order valence-corrected chi connectivity index (χ2v) is 5.63. The van der Waals surface area contributed by atoms with Gasteiger partial charge in [-0.3, -0.25) is 4.79 Å². The molecule has 2 rings (SSSR count). The Morgan fingerprint density at radius 2 is 1.52 bits per heavy atom. The number of hydrogen-bond acceptors (Lipinski definition) is 1. The molecule has 0 heterocycles. The Morgan fingerprint density at radius 3 is 2.09 bits per heavy atom. The molecule has 0 aliphatic rings. The molecule has 0 radical (unpaired) electrons. The predicted molar refractivity (Wildman–Crippen MR) is 79.5 cm³/mol. The number of carbonyl (C=O) groups is 1. The molecule has 0 saturated heterocycles. The molecule has 0 spiro atoms. The number of alkyl halides is 3. The highest BCUT2D eigenvalue weighted by atomic mass is 19.4. The van der Waals surface area contributed by atoms with Crippen molar-refractivity contribution in [1.82, 2.24) is 0 Å². The monoisotopic (exact) mass is 325 g/mol. The average molecular weight is 325 g/mol. The van der Waals surface area contributed by atoms with Crippen molar-refractivity contribution >= 4 is 11.6 Å². The first kappa shape index (κ1) is 17.0. The zero-order chi connectivity index (χ0) is 17.3. The van der Waals surface area contributed by atoms with Crippen LogP contribution in [0.1, 0.15) is 25.0 Å². The number of halogens is 4. The molecule has 2 aromatic carbocycles. The number of rotatable bonds is 3. The van der Waals surface area contributed by atoms with Crippen LogP contribution in [0.5, 0.6) is 0 Å². The third kappa shape index (κ3) is 3.70. The second kappa shape index (κ2) is 6.02. The molecule has 0 saturated carbocycles. The van der Waals surface area contributed by atoms with Gasteiger partial charge in [-0.25, -0.2) is 4.39 Å². The van der Waals surface area contributed by atoms with Crippen LogP contribution < -0.4 is 5.32 Å². The van der Waals surface area contributed by atoms with Crippen LogP contribution in [0, 0.1) is 5.82 Å². The predicted octanol–water partition coefficient (Wildman–Crippen LogP) is 4.76. The van der Waals surface area contributed by atoms with Crippen molar-refractivity contribution < 1.29 is 22.4 Å². The fraction of sp³-hybridized carbons (Fsp3) is 0.235. The quantitative estimate of drug-likeness (QED) is 0.810. The Morgan fingerprint density at radius 1 is 0.957 bits per heavy atom. The van der Waals surface area contributed by atoms with Gasteiger partial charge in [-0.15, -0.1) is 0 Å². The molecule has 1 N–H and O–H groups in total. The van der Waals surface area contributed by atoms with Gasteiger partial charge in [0.2, 0.25) is 5.91 Å². The minimum absolute atomic E-state index is 0.305. The fourth-order valence-corrected chi connectivity index (χ4v) is 2.12. The molecular formula is C17H15F4NO. The van der Waals surface area contributed by atoms with Gasteiger partial charge in [-0.05, 0) is 43.7 Å². The average Bonchev–Trinajstić information content (AvgIpc) is 2.47. The number of para-hydroxylation sites is 1. The molecule has 0 fully saturated rings. The van der Waals surface area contributed by atoms with E-state index in [2.05, 4.69) is 5.32 Å². The Labute approximate surface area is 131 Å². The molecule has 0 aliphatic heterocycles. The lowest BCUT2D eigenvalue weighted by atomic mass is 9.83. The third-order valence-electron chi connectivity index (χ3n) is 3.61. The molecule has 0 bridgehead atoms. The van der Waals surface area contributed by atoms with Crippen LogP contribution in [0.3, 0.4) is 0 Å². The summed E-state index contributed by atoms with van der Waals surface area (Å²) in [6.07, 6.45) is -4.57. The number of amides is 1. The van der Waals surface area contributed by atoms with Crippen LogP contribution in [-0.4, -0.2) is 5.91 Å². The largest absolute Gasteiger partial charge is 0.418 e. The zero-order valence-corrected chi connectivity index (χ0v) is 12.5. The SMILES string of the molecule is CC(C)(C(=O)Nc1ccccc1C(F)(F)F)c1ccc(F)cc1. The summed E-state index contributed by atoms with van der Waals surface area (Å²) in [7, 11) is 0. The van der Waals surface area contributed by atoms with Gasteiger partial charge in [0.25, 0.3) is 0 Å². The summed E-state index contributed by atoms with van der Waals surface area (Å²) >= 11 is 0. The van der Waals surface area contributed by atoms with Crippen LogP contribution in [0.15, 0.2) is 48.5 Å². The lowest BCUT2D eigenvalue weighted by Crippen LogP contribution is -2.35. The van der Waals surface area contributed by atoms with E-state index in [1.165, 1.54) is 42.5 Å². The minimum atomic E-state index is -4.57. The van der Waals surface area contributed by atoms with E-state index in [9.17, 15) is 22.4 Å². The molecule has 0 unspecified atom stereocenters. The second-order valence-electron chi connectivity index (χ2n) is 5.63. The first-order valence-electron chi connectivity index (χ1n) is 6.86. The maximum atomic E-state index is 13.0. The standard InChI is InChI=1S/C17H15F4NO/c1-16(2,11-7-9-12(18)10-8-11)15(23)22-14-6-4-3-5-13(14)17(19,20)21/h3-10H,1-2H3,(H,22,23). The maximum absolute atomic E-state index is 13.0. The number of benzene rings is 2. The number of anilines is 1. The van der Waals surface area contributed by atoms with E-state index >= 15 is 0 Å². The molecular weight excluding hydrogens is 310 g/mol. The van der Waals surface area contributed by atoms with E-state index in [0.717, 1.165) is 6.07 Å². The van der Waals surface area contributed by atoms with Gasteiger partial charge in [0.15, 0.2) is 0 Å². The van der Waals surface area contributed by atoms with Crippen LogP contribution >= 0.6 is 0 Å². The lowest BCUT2D eigenvalue weighted by Gasteiger charge is -2.25. The highest BCUT2D eigenvalue weighted by Crippen LogP contribution is 2.35. The van der Waals surface area contributed by atoms with E-state index in [4.69, 9.17) is 0 Å². The topological polar surface area (TPSA) is 29.1 Å². The van der Waals surface area contributed by atoms with Crippen molar-refractivity contribution in [3.63, 3.8) is 0 Å². The van der Waals surface area contributed by atoms with E-state index in [1.54, 1.807) is 13.8 Å². The molecule has 2 nitrogen and oxygen atoms in total. The Bertz CT molecular complexity index is 705. The summed E-state index contributed by atoms with van der Waals surface area (Å²) in [5.74, 6) is -1.06. The molecule has 6 heteroatoms. The Kier molecular flexibility index (Phi) is 4.45. The molecule has 2 aromatic rings. The molecule has 0 atom stereocenters. The van der Waals surface area contributed by atoms with Crippen LogP contribution in [0.2, 0.25) is 0 Å². The minimum Gasteiger partial charge on any atom is -0.325 e. The summed E-state index contributed by atoms with van der Waals surface area (Å²) in [6, 6.07) is 10.0. The Hall–Kier alpha value is -2.37. The molecule has 1 amide bonds. The summed E-state index contributed by atoms with van der Waals surface area (Å²) in [5.41, 5.74) is -1.84. The van der Waals surface area contributed by atoms with E-state index in [-0.39, 0.29) is 5.69 Å². The highest BCUT2D eigenvalue weighted by molar-refractivity contribution is 5.99. The Balaban J connectivity index is 2.30. The van der Waals surface area contributed by atoms with E-state index in [1.807, 2.05) is 0 Å². The van der Waals surface area contributed by atoms with Crippen molar-refractivity contribution in [2.45, 2.75) is 25.4 Å². The van der Waals surface area contributed by atoms with E-state index in [0.29, 0.717) is 5.56 Å². The zero-order valence-electron chi connectivity index (χ0n) is 12.5. The lowest BCUT2D eigenvalue weighted by molar-refractivity contribution is -0.137. The molecule has 23 heavy (non-hydrogen) atoms. The maximum Gasteiger partial charge on any atom is 0.418 e. The van der Waals surface area contributed by atoms with Crippen molar-refractivity contribution in [3.05, 3.63) is 65.5 Å². The first-order valence-corrected chi connectivity index (χ1v) is 6.86. The van der Waals surface area contributed by atoms with Crippen LogP contribution in [0.4, 0.5) is 23.2 Å². The van der Waals surface area contributed by atoms with Gasteiger partial charge in [0, 0.05) is 0 Å². The van der Waals surface area contributed by atoms with Gasteiger partial charge in [0.05, 0.1) is 16.7 Å². The van der Waals surface area contributed by atoms with Crippen LogP contribution in [0.25, 0.3) is 0 Å². The van der Waals surface area contributed by atoms with E-state index < -0.39 is 28.9 Å². The molecule has 0 aromatic heterocycles. The van der Waals surface area contributed by atoms with Crippen molar-refractivity contribution in [1.29, 1.82) is 0 Å². The number of nitrogens with one attached hydrogen (secondary N) is 1. The van der Waals surface area contributed by atoms with Crippen molar-refractivity contribution in [2.75, 3.05) is 5.32 Å². The smallest absolute Gasteiger partial charge is 0.325 e. The van der Waals surface area contributed by atoms with Gasteiger partial charge in [0.1, 0.15) is 5.82 Å². The highest BCUT2D eigenvalue weighted by Gasteiger charge is 2.35. The summed E-state index contributed by atoms with van der Waals surface area (Å²) in [6.45, 7) is 3.12. The summed E-state index contributed by atoms with van der Waals surface area (Å²) in [4.78, 5) is 12.4. The van der Waals surface area contributed by atoms with Gasteiger partial charge in [-0.1, -0.05) is 24.3 Å². The van der Waals surface area contributed by atoms with Crippen molar-refractivity contribution in [2.24, 2.45) is 0 Å². The fourth-order valence-electron chi connectivity index (χ4n) is 2.12. The summed E-state index contributed by atoms with van der Waals surface area (Å²) < 4.78 is 51.9. The number of hydrogen-bond donors (Lipinski definition) is 1. The van der Waals surface area contributed by atoms with Crippen molar-refractivity contribution in [3.8, 4) is 0 Å². The normalized spacial score (nSPS) is 12.1. The first-order chi connectivity index (χ1) is 10.6. The van der Waals surface area contributed by atoms with Crippen LogP contribution in [-0.2, 0) is 16.4 Å². The van der Waals surface area contributed by atoms with Gasteiger partial charge < -0.3 is 5.32 Å². The number of carbonyl (C=O) groups excluding carboxylic acids is 1.